The highest BCUT2D eigenvalue weighted by Gasteiger charge is 2.70. The summed E-state index contributed by atoms with van der Waals surface area (Å²) in [5, 5.41) is 3.59. The van der Waals surface area contributed by atoms with Gasteiger partial charge in [0.05, 0.1) is 22.0 Å². The van der Waals surface area contributed by atoms with Crippen LogP contribution in [0.2, 0.25) is 10.0 Å². The number of carbonyl (C=O) groups excluding carboxylic acids is 3. The predicted molar refractivity (Wildman–Crippen MR) is 162 cm³/mol. The molecule has 0 saturated carbocycles. The molecule has 4 atom stereocenters. The molecule has 3 heterocycles. The molecule has 0 unspecified atom stereocenters. The summed E-state index contributed by atoms with van der Waals surface area (Å²) in [6, 6.07) is 27.1. The molecule has 3 aliphatic rings. The molecule has 1 N–H and O–H groups in total. The van der Waals surface area contributed by atoms with E-state index in [2.05, 4.69) is 5.32 Å². The fourth-order valence-electron chi connectivity index (χ4n) is 7.04. The van der Waals surface area contributed by atoms with Gasteiger partial charge in [-0.1, -0.05) is 89.9 Å². The second-order valence-corrected chi connectivity index (χ2v) is 11.5. The maximum Gasteiger partial charge on any atom is 0.238 e. The van der Waals surface area contributed by atoms with Crippen LogP contribution in [0.15, 0.2) is 103 Å². The molecule has 0 radical (unpaired) electrons. The SMILES string of the molecule is CC1=C[C@@H]2N(c3ccccc31)[C@@H](C(=O)c1ccccc1Cl)[C@@H](C(=O)c1ccccc1Cl)[C@@]21C(=O)Nc2ccccc21. The van der Waals surface area contributed by atoms with Gasteiger partial charge in [-0.25, -0.2) is 0 Å². The van der Waals surface area contributed by atoms with E-state index in [4.69, 9.17) is 23.2 Å². The second kappa shape index (κ2) is 9.44. The quantitative estimate of drug-likeness (QED) is 0.259. The van der Waals surface area contributed by atoms with Crippen molar-refractivity contribution in [3.63, 3.8) is 0 Å². The third kappa shape index (κ3) is 3.52. The van der Waals surface area contributed by atoms with Gasteiger partial charge in [0.2, 0.25) is 5.91 Å². The lowest BCUT2D eigenvalue weighted by Crippen LogP contribution is -2.51. The summed E-state index contributed by atoms with van der Waals surface area (Å²) < 4.78 is 0. The lowest BCUT2D eigenvalue weighted by atomic mass is 9.64. The van der Waals surface area contributed by atoms with Crippen molar-refractivity contribution in [1.82, 2.24) is 0 Å². The Morgan fingerprint density at radius 1 is 0.780 bits per heavy atom. The summed E-state index contributed by atoms with van der Waals surface area (Å²) in [5.74, 6) is -2.14. The van der Waals surface area contributed by atoms with E-state index in [1.807, 2.05) is 66.4 Å². The van der Waals surface area contributed by atoms with Gasteiger partial charge in [0.25, 0.3) is 0 Å². The Labute approximate surface area is 247 Å². The Hall–Kier alpha value is -4.19. The van der Waals surface area contributed by atoms with E-state index in [-0.39, 0.29) is 33.1 Å². The van der Waals surface area contributed by atoms with E-state index in [1.54, 1.807) is 48.5 Å². The maximum absolute atomic E-state index is 14.9. The molecule has 7 rings (SSSR count). The molecular weight excluding hydrogens is 555 g/mol. The van der Waals surface area contributed by atoms with Crippen LogP contribution in [0.25, 0.3) is 5.57 Å². The van der Waals surface area contributed by atoms with Gasteiger partial charge in [-0.2, -0.15) is 0 Å². The van der Waals surface area contributed by atoms with Crippen LogP contribution in [0.4, 0.5) is 11.4 Å². The average molecular weight is 579 g/mol. The highest BCUT2D eigenvalue weighted by atomic mass is 35.5. The van der Waals surface area contributed by atoms with Crippen LogP contribution in [0, 0.1) is 5.92 Å². The highest BCUT2D eigenvalue weighted by Crippen LogP contribution is 2.59. The zero-order valence-corrected chi connectivity index (χ0v) is 23.5. The molecule has 0 bridgehead atoms. The first-order valence-corrected chi connectivity index (χ1v) is 14.2. The minimum Gasteiger partial charge on any atom is -0.352 e. The summed E-state index contributed by atoms with van der Waals surface area (Å²) in [7, 11) is 0. The van der Waals surface area contributed by atoms with Gasteiger partial charge in [0, 0.05) is 28.1 Å². The van der Waals surface area contributed by atoms with E-state index in [0.717, 1.165) is 16.8 Å². The topological polar surface area (TPSA) is 66.5 Å². The lowest BCUT2D eigenvalue weighted by Gasteiger charge is -2.39. The summed E-state index contributed by atoms with van der Waals surface area (Å²) in [4.78, 5) is 46.0. The number of ketones is 2. The molecule has 5 nitrogen and oxygen atoms in total. The highest BCUT2D eigenvalue weighted by molar-refractivity contribution is 6.36. The van der Waals surface area contributed by atoms with Crippen molar-refractivity contribution >= 4 is 57.6 Å². The molecule has 0 aliphatic carbocycles. The third-order valence-corrected chi connectivity index (χ3v) is 9.37. The van der Waals surface area contributed by atoms with E-state index in [1.165, 1.54) is 0 Å². The van der Waals surface area contributed by atoms with Crippen LogP contribution in [0.5, 0.6) is 0 Å². The van der Waals surface area contributed by atoms with Crippen molar-refractivity contribution in [2.45, 2.75) is 24.4 Å². The summed E-state index contributed by atoms with van der Waals surface area (Å²) in [6.45, 7) is 2.00. The molecule has 0 aromatic heterocycles. The van der Waals surface area contributed by atoms with Crippen LogP contribution in [-0.2, 0) is 10.2 Å². The van der Waals surface area contributed by atoms with Gasteiger partial charge in [0.15, 0.2) is 11.6 Å². The number of hydrogen-bond acceptors (Lipinski definition) is 4. The average Bonchev–Trinajstić information content (AvgIpc) is 3.45. The number of amides is 1. The Bertz CT molecular complexity index is 1820. The van der Waals surface area contributed by atoms with Crippen molar-refractivity contribution < 1.29 is 14.4 Å². The van der Waals surface area contributed by atoms with Crippen molar-refractivity contribution in [2.24, 2.45) is 5.92 Å². The van der Waals surface area contributed by atoms with Crippen LogP contribution >= 0.6 is 23.2 Å². The number of para-hydroxylation sites is 2. The molecule has 202 valence electrons. The van der Waals surface area contributed by atoms with Crippen LogP contribution < -0.4 is 10.2 Å². The molecule has 41 heavy (non-hydrogen) atoms. The van der Waals surface area contributed by atoms with Gasteiger partial charge >= 0.3 is 0 Å². The number of allylic oxidation sites excluding steroid dienone is 1. The molecular formula is C34H24Cl2N2O3. The van der Waals surface area contributed by atoms with Crippen molar-refractivity contribution in [2.75, 3.05) is 10.2 Å². The maximum atomic E-state index is 14.9. The zero-order chi connectivity index (χ0) is 28.5. The van der Waals surface area contributed by atoms with Crippen LogP contribution in [-0.4, -0.2) is 29.6 Å². The molecule has 4 aromatic rings. The molecule has 1 amide bonds. The van der Waals surface area contributed by atoms with Crippen LogP contribution in [0.3, 0.4) is 0 Å². The van der Waals surface area contributed by atoms with E-state index in [0.29, 0.717) is 16.8 Å². The van der Waals surface area contributed by atoms with Crippen molar-refractivity contribution in [3.8, 4) is 0 Å². The fraction of sp³-hybridized carbons (Fsp3) is 0.147. The zero-order valence-electron chi connectivity index (χ0n) is 22.0. The first-order chi connectivity index (χ1) is 19.9. The number of benzene rings is 4. The van der Waals surface area contributed by atoms with Crippen molar-refractivity contribution in [1.29, 1.82) is 0 Å². The molecule has 1 fully saturated rings. The molecule has 3 aliphatic heterocycles. The third-order valence-electron chi connectivity index (χ3n) is 8.71. The number of hydrogen-bond donors (Lipinski definition) is 1. The molecule has 7 heteroatoms. The number of rotatable bonds is 4. The monoisotopic (exact) mass is 578 g/mol. The fourth-order valence-corrected chi connectivity index (χ4v) is 7.49. The number of anilines is 2. The van der Waals surface area contributed by atoms with Gasteiger partial charge < -0.3 is 10.2 Å². The summed E-state index contributed by atoms with van der Waals surface area (Å²) in [5.41, 5.74) is 3.15. The van der Waals surface area contributed by atoms with Crippen molar-refractivity contribution in [3.05, 3.63) is 135 Å². The first-order valence-electron chi connectivity index (χ1n) is 13.4. The number of Topliss-reactive ketones (excluding diaryl/α,β-unsaturated/α-hetero) is 2. The summed E-state index contributed by atoms with van der Waals surface area (Å²) in [6.07, 6.45) is 2.02. The molecule has 4 aromatic carbocycles. The van der Waals surface area contributed by atoms with E-state index < -0.39 is 23.4 Å². The Kier molecular flexibility index (Phi) is 5.93. The molecule has 1 spiro atoms. The van der Waals surface area contributed by atoms with Gasteiger partial charge in [0.1, 0.15) is 11.5 Å². The van der Waals surface area contributed by atoms with Crippen LogP contribution in [0.1, 0.15) is 38.8 Å². The number of fused-ring (bicyclic) bond motifs is 6. The summed E-state index contributed by atoms with van der Waals surface area (Å²) >= 11 is 13.2. The Morgan fingerprint density at radius 3 is 2.07 bits per heavy atom. The van der Waals surface area contributed by atoms with Gasteiger partial charge in [-0.15, -0.1) is 0 Å². The molecule has 1 saturated heterocycles. The lowest BCUT2D eigenvalue weighted by molar-refractivity contribution is -0.121. The van der Waals surface area contributed by atoms with E-state index >= 15 is 0 Å². The minimum atomic E-state index is -1.41. The standard InChI is InChI=1S/C34H24Cl2N2O3/c1-19-18-28-34(23-13-5-8-16-26(23)37-33(34)41)29(31(39)21-11-2-6-14-24(21)35)30(32(40)22-12-3-7-15-25(22)36)38(28)27-17-9-4-10-20(19)27/h2-18,28-30H,1H3,(H,37,41)/t28-,29-,30+,34-/m0/s1. The minimum absolute atomic E-state index is 0.264. The number of nitrogens with one attached hydrogen (secondary N) is 1. The Balaban J connectivity index is 1.58. The number of carbonyl (C=O) groups is 3. The second-order valence-electron chi connectivity index (χ2n) is 10.7. The number of halogens is 2. The largest absolute Gasteiger partial charge is 0.352 e. The van der Waals surface area contributed by atoms with Gasteiger partial charge in [-0.05, 0) is 54.5 Å². The first kappa shape index (κ1) is 25.8. The van der Waals surface area contributed by atoms with Gasteiger partial charge in [-0.3, -0.25) is 14.4 Å². The Morgan fingerprint density at radius 2 is 1.37 bits per heavy atom. The number of nitrogens with zero attached hydrogens (tertiary/aromatic N) is 1. The smallest absolute Gasteiger partial charge is 0.238 e. The predicted octanol–water partition coefficient (Wildman–Crippen LogP) is 7.24. The van der Waals surface area contributed by atoms with E-state index in [9.17, 15) is 14.4 Å². The normalized spacial score (nSPS) is 23.9.